The smallest absolute Gasteiger partial charge is 0.424 e. The SMILES string of the molecule is CC[C@H](C)[C@H](N)C(=O)O[C@H](C)OC(=O)N(c1nc2ccc(-c3ccc(NC(=O)[C@H](C)c4ccc(F)cc4)cc3)cn2n1)c1ccc(S(C)(=O)=O)cc1OC. The van der Waals surface area contributed by atoms with Crippen molar-refractivity contribution in [2.24, 2.45) is 11.7 Å². The molecule has 284 valence electrons. The minimum atomic E-state index is -3.64. The summed E-state index contributed by atoms with van der Waals surface area (Å²) >= 11 is 0. The Bertz CT molecular complexity index is 2260. The molecule has 0 bridgehead atoms. The number of benzene rings is 3. The zero-order valence-corrected chi connectivity index (χ0v) is 31.3. The van der Waals surface area contributed by atoms with Gasteiger partial charge in [-0.25, -0.2) is 27.0 Å². The number of amides is 2. The molecule has 0 aliphatic rings. The van der Waals surface area contributed by atoms with Gasteiger partial charge in [-0.15, -0.1) is 5.10 Å². The maximum absolute atomic E-state index is 13.8. The lowest BCUT2D eigenvalue weighted by molar-refractivity contribution is -0.167. The molecule has 0 fully saturated rings. The van der Waals surface area contributed by atoms with E-state index in [1.165, 1.54) is 48.9 Å². The van der Waals surface area contributed by atoms with Crippen molar-refractivity contribution in [3.05, 3.63) is 96.4 Å². The van der Waals surface area contributed by atoms with Gasteiger partial charge in [0.15, 0.2) is 15.5 Å². The molecule has 0 radical (unpaired) electrons. The summed E-state index contributed by atoms with van der Waals surface area (Å²) < 4.78 is 55.7. The molecule has 54 heavy (non-hydrogen) atoms. The quantitative estimate of drug-likeness (QED) is 0.102. The monoisotopic (exact) mass is 760 g/mol. The highest BCUT2D eigenvalue weighted by molar-refractivity contribution is 7.90. The third-order valence-electron chi connectivity index (χ3n) is 8.85. The van der Waals surface area contributed by atoms with Gasteiger partial charge in [0, 0.05) is 36.7 Å². The molecule has 16 heteroatoms. The highest BCUT2D eigenvalue weighted by Gasteiger charge is 2.31. The van der Waals surface area contributed by atoms with Crippen LogP contribution in [0.3, 0.4) is 0 Å². The van der Waals surface area contributed by atoms with Gasteiger partial charge in [0.1, 0.15) is 17.6 Å². The van der Waals surface area contributed by atoms with Crippen LogP contribution < -0.4 is 20.7 Å². The van der Waals surface area contributed by atoms with Crippen molar-refractivity contribution in [2.75, 3.05) is 23.6 Å². The van der Waals surface area contributed by atoms with Crippen molar-refractivity contribution in [1.82, 2.24) is 14.6 Å². The molecule has 14 nitrogen and oxygen atoms in total. The lowest BCUT2D eigenvalue weighted by atomic mass is 10.00. The number of hydrogen-bond donors (Lipinski definition) is 2. The number of nitrogens with two attached hydrogens (primary N) is 1. The molecule has 0 spiro atoms. The fourth-order valence-electron chi connectivity index (χ4n) is 5.34. The number of hydrogen-bond acceptors (Lipinski definition) is 11. The molecule has 5 aromatic rings. The van der Waals surface area contributed by atoms with Gasteiger partial charge in [-0.2, -0.15) is 4.98 Å². The van der Waals surface area contributed by atoms with Crippen molar-refractivity contribution in [1.29, 1.82) is 0 Å². The number of esters is 1. The zero-order chi connectivity index (χ0) is 39.3. The molecule has 5 rings (SSSR count). The largest absolute Gasteiger partial charge is 0.495 e. The van der Waals surface area contributed by atoms with Crippen molar-refractivity contribution in [2.45, 2.75) is 57.3 Å². The van der Waals surface area contributed by atoms with Crippen LogP contribution in [0.15, 0.2) is 90.0 Å². The fraction of sp³-hybridized carbons (Fsp3) is 0.289. The number of sulfone groups is 1. The summed E-state index contributed by atoms with van der Waals surface area (Å²) in [6, 6.07) is 19.3. The maximum atomic E-state index is 13.8. The average molecular weight is 761 g/mol. The van der Waals surface area contributed by atoms with Crippen molar-refractivity contribution in [3.63, 3.8) is 0 Å². The predicted molar refractivity (Wildman–Crippen MR) is 200 cm³/mol. The molecule has 0 aliphatic heterocycles. The van der Waals surface area contributed by atoms with Crippen LogP contribution in [0, 0.1) is 11.7 Å². The lowest BCUT2D eigenvalue weighted by Crippen LogP contribution is -2.41. The molecular weight excluding hydrogens is 720 g/mol. The third-order valence-corrected chi connectivity index (χ3v) is 9.96. The Morgan fingerprint density at radius 1 is 0.944 bits per heavy atom. The van der Waals surface area contributed by atoms with Gasteiger partial charge in [-0.05, 0) is 72.5 Å². The Morgan fingerprint density at radius 2 is 1.61 bits per heavy atom. The second-order valence-electron chi connectivity index (χ2n) is 12.7. The van der Waals surface area contributed by atoms with Gasteiger partial charge in [0.25, 0.3) is 5.95 Å². The summed E-state index contributed by atoms with van der Waals surface area (Å²) in [5, 5.41) is 7.41. The highest BCUT2D eigenvalue weighted by Crippen LogP contribution is 2.36. The molecule has 3 aromatic carbocycles. The van der Waals surface area contributed by atoms with Gasteiger partial charge in [0.2, 0.25) is 12.2 Å². The molecule has 2 amide bonds. The van der Waals surface area contributed by atoms with Crippen LogP contribution in [0.1, 0.15) is 45.6 Å². The van der Waals surface area contributed by atoms with Crippen LogP contribution in [-0.2, 0) is 28.9 Å². The van der Waals surface area contributed by atoms with E-state index in [0.29, 0.717) is 23.3 Å². The van der Waals surface area contributed by atoms with Crippen LogP contribution in [0.25, 0.3) is 16.8 Å². The molecule has 4 atom stereocenters. The van der Waals surface area contributed by atoms with Gasteiger partial charge < -0.3 is 25.3 Å². The number of pyridine rings is 1. The van der Waals surface area contributed by atoms with Gasteiger partial charge in [-0.3, -0.25) is 9.59 Å². The number of methoxy groups -OCH3 is 1. The van der Waals surface area contributed by atoms with Crippen LogP contribution in [0.5, 0.6) is 5.75 Å². The minimum Gasteiger partial charge on any atom is -0.495 e. The molecule has 0 aliphatic carbocycles. The highest BCUT2D eigenvalue weighted by atomic mass is 32.2. The van der Waals surface area contributed by atoms with Crippen LogP contribution >= 0.6 is 0 Å². The van der Waals surface area contributed by atoms with Gasteiger partial charge in [0.05, 0.1) is 23.6 Å². The zero-order valence-electron chi connectivity index (χ0n) is 30.5. The van der Waals surface area contributed by atoms with Crippen molar-refractivity contribution >= 4 is 50.8 Å². The number of nitrogens with zero attached hydrogens (tertiary/aromatic N) is 4. The number of nitrogens with one attached hydrogen (secondary N) is 1. The van der Waals surface area contributed by atoms with Crippen LogP contribution in [-0.4, -0.2) is 66.7 Å². The maximum Gasteiger partial charge on any atom is 0.424 e. The van der Waals surface area contributed by atoms with Crippen LogP contribution in [0.2, 0.25) is 0 Å². The number of halogens is 1. The number of carbonyl (C=O) groups excluding carboxylic acids is 3. The molecule has 2 aromatic heterocycles. The van der Waals surface area contributed by atoms with E-state index in [1.807, 2.05) is 19.1 Å². The Hall–Kier alpha value is -5.87. The minimum absolute atomic E-state index is 0.00268. The Kier molecular flexibility index (Phi) is 12.0. The van der Waals surface area contributed by atoms with E-state index in [-0.39, 0.29) is 39.9 Å². The predicted octanol–water partition coefficient (Wildman–Crippen LogP) is 6.23. The molecule has 2 heterocycles. The topological polar surface area (TPSA) is 185 Å². The van der Waals surface area contributed by atoms with E-state index in [0.717, 1.165) is 22.3 Å². The number of anilines is 3. The first-order chi connectivity index (χ1) is 25.6. The normalized spacial score (nSPS) is 13.7. The summed E-state index contributed by atoms with van der Waals surface area (Å²) in [6.07, 6.45) is 0.928. The molecule has 0 unspecified atom stereocenters. The Labute approximate surface area is 312 Å². The van der Waals surface area contributed by atoms with Gasteiger partial charge >= 0.3 is 12.1 Å². The second kappa shape index (κ2) is 16.4. The van der Waals surface area contributed by atoms with E-state index >= 15 is 0 Å². The van der Waals surface area contributed by atoms with Gasteiger partial charge in [-0.1, -0.05) is 44.5 Å². The average Bonchev–Trinajstić information content (AvgIpc) is 3.56. The van der Waals surface area contributed by atoms with Crippen LogP contribution in [0.4, 0.5) is 26.5 Å². The molecular formula is C38H41FN6O8S. The number of carbonyl (C=O) groups is 3. The first-order valence-electron chi connectivity index (χ1n) is 17.0. The Balaban J connectivity index is 1.42. The first-order valence-corrected chi connectivity index (χ1v) is 18.9. The third kappa shape index (κ3) is 9.01. The summed E-state index contributed by atoms with van der Waals surface area (Å²) in [7, 11) is -2.33. The standard InChI is InChI=1S/C38H41FN6O8S/c1-7-22(2)34(40)36(47)52-24(4)53-38(48)45(31-18-17-30(54(6,49)50)20-32(31)51-5)37-42-33-19-12-27(21-44(33)43-37)26-10-15-29(16-11-26)41-35(46)23(3)25-8-13-28(39)14-9-25/h8-24,34H,7,40H2,1-6H3,(H,41,46)/t22-,23+,24-,34-/m0/s1. The number of ether oxygens (including phenoxy) is 3. The molecule has 0 saturated carbocycles. The summed E-state index contributed by atoms with van der Waals surface area (Å²) in [5.41, 5.74) is 9.13. The lowest BCUT2D eigenvalue weighted by Gasteiger charge is -2.24. The summed E-state index contributed by atoms with van der Waals surface area (Å²) in [5.74, 6) is -2.23. The van der Waals surface area contributed by atoms with Crippen molar-refractivity contribution in [3.8, 4) is 16.9 Å². The van der Waals surface area contributed by atoms with E-state index in [2.05, 4.69) is 15.4 Å². The van der Waals surface area contributed by atoms with E-state index in [1.54, 1.807) is 56.4 Å². The summed E-state index contributed by atoms with van der Waals surface area (Å²) in [6.45, 7) is 6.77. The Morgan fingerprint density at radius 3 is 2.24 bits per heavy atom. The molecule has 3 N–H and O–H groups in total. The second-order valence-corrected chi connectivity index (χ2v) is 14.7. The molecule has 0 saturated heterocycles. The van der Waals surface area contributed by atoms with E-state index < -0.39 is 40.1 Å². The summed E-state index contributed by atoms with van der Waals surface area (Å²) in [4.78, 5) is 44.7. The first kappa shape index (κ1) is 39.3. The fourth-order valence-corrected chi connectivity index (χ4v) is 5.98. The van der Waals surface area contributed by atoms with E-state index in [4.69, 9.17) is 19.9 Å². The number of fused-ring (bicyclic) bond motifs is 1. The number of aromatic nitrogens is 3. The number of rotatable bonds is 13. The van der Waals surface area contributed by atoms with Crippen molar-refractivity contribution < 1.29 is 41.4 Å². The van der Waals surface area contributed by atoms with E-state index in [9.17, 15) is 27.2 Å².